The van der Waals surface area contributed by atoms with Gasteiger partial charge >= 0.3 is 0 Å². The first-order valence-electron chi connectivity index (χ1n) is 5.16. The SMILES string of the molecule is CC1=C(CC2NC2C)CCCC1=O. The van der Waals surface area contributed by atoms with Crippen LogP contribution in [0.3, 0.4) is 0 Å². The first-order valence-corrected chi connectivity index (χ1v) is 5.16. The van der Waals surface area contributed by atoms with Crippen LogP contribution in [0.15, 0.2) is 11.1 Å². The van der Waals surface area contributed by atoms with Crippen LogP contribution < -0.4 is 5.32 Å². The van der Waals surface area contributed by atoms with E-state index in [1.54, 1.807) is 0 Å². The number of ketones is 1. The quantitative estimate of drug-likeness (QED) is 0.656. The molecule has 1 aliphatic carbocycles. The molecule has 1 heterocycles. The van der Waals surface area contributed by atoms with Crippen molar-refractivity contribution in [3.05, 3.63) is 11.1 Å². The Bertz CT molecular complexity index is 267. The number of rotatable bonds is 2. The molecule has 0 spiro atoms. The number of hydrogen-bond acceptors (Lipinski definition) is 2. The van der Waals surface area contributed by atoms with Crippen LogP contribution in [0.1, 0.15) is 39.5 Å². The van der Waals surface area contributed by atoms with Gasteiger partial charge in [-0.1, -0.05) is 5.57 Å². The summed E-state index contributed by atoms with van der Waals surface area (Å²) >= 11 is 0. The van der Waals surface area contributed by atoms with E-state index in [0.717, 1.165) is 31.3 Å². The van der Waals surface area contributed by atoms with Crippen LogP contribution in [0.5, 0.6) is 0 Å². The molecule has 0 saturated carbocycles. The van der Waals surface area contributed by atoms with Crippen LogP contribution >= 0.6 is 0 Å². The average Bonchev–Trinajstić information content (AvgIpc) is 2.77. The molecule has 1 aliphatic heterocycles. The third-order valence-corrected chi connectivity index (χ3v) is 3.27. The molecule has 1 N–H and O–H groups in total. The topological polar surface area (TPSA) is 39.0 Å². The fourth-order valence-corrected chi connectivity index (χ4v) is 2.07. The third kappa shape index (κ3) is 1.83. The van der Waals surface area contributed by atoms with Crippen molar-refractivity contribution in [2.75, 3.05) is 0 Å². The molecule has 2 atom stereocenters. The minimum atomic E-state index is 0.370. The predicted octanol–water partition coefficient (Wildman–Crippen LogP) is 1.81. The molecule has 0 bridgehead atoms. The van der Waals surface area contributed by atoms with E-state index in [0.29, 0.717) is 17.9 Å². The highest BCUT2D eigenvalue weighted by Crippen LogP contribution is 2.29. The van der Waals surface area contributed by atoms with Crippen LogP contribution in [-0.4, -0.2) is 17.9 Å². The van der Waals surface area contributed by atoms with E-state index in [-0.39, 0.29) is 0 Å². The van der Waals surface area contributed by atoms with Crippen LogP contribution in [-0.2, 0) is 4.79 Å². The largest absolute Gasteiger partial charge is 0.308 e. The van der Waals surface area contributed by atoms with Gasteiger partial charge in [0.15, 0.2) is 5.78 Å². The third-order valence-electron chi connectivity index (χ3n) is 3.27. The molecule has 0 amide bonds. The lowest BCUT2D eigenvalue weighted by molar-refractivity contribution is -0.116. The molecule has 0 radical (unpaired) electrons. The second kappa shape index (κ2) is 3.26. The molecule has 2 rings (SSSR count). The number of hydrogen-bond donors (Lipinski definition) is 1. The van der Waals surface area contributed by atoms with E-state index in [9.17, 15) is 4.79 Å². The van der Waals surface area contributed by atoms with E-state index < -0.39 is 0 Å². The van der Waals surface area contributed by atoms with E-state index in [4.69, 9.17) is 0 Å². The van der Waals surface area contributed by atoms with Gasteiger partial charge < -0.3 is 5.32 Å². The summed E-state index contributed by atoms with van der Waals surface area (Å²) in [5.41, 5.74) is 2.45. The van der Waals surface area contributed by atoms with E-state index in [1.165, 1.54) is 5.57 Å². The Morgan fingerprint density at radius 2 is 2.15 bits per heavy atom. The molecule has 2 aliphatic rings. The summed E-state index contributed by atoms with van der Waals surface area (Å²) in [4.78, 5) is 11.4. The molecule has 0 aromatic rings. The molecule has 0 aromatic carbocycles. The highest BCUT2D eigenvalue weighted by atomic mass is 16.1. The fraction of sp³-hybridized carbons (Fsp3) is 0.727. The molecule has 2 nitrogen and oxygen atoms in total. The summed E-state index contributed by atoms with van der Waals surface area (Å²) in [6.07, 6.45) is 4.07. The molecule has 1 saturated heterocycles. The molecule has 2 unspecified atom stereocenters. The van der Waals surface area contributed by atoms with Crippen LogP contribution in [0, 0.1) is 0 Å². The molecular formula is C11H17NO. The Labute approximate surface area is 79.4 Å². The summed E-state index contributed by atoms with van der Waals surface area (Å²) in [6, 6.07) is 1.31. The second-order valence-electron chi connectivity index (χ2n) is 4.27. The molecule has 2 heteroatoms. The summed E-state index contributed by atoms with van der Waals surface area (Å²) in [5, 5.41) is 3.37. The number of carbonyl (C=O) groups excluding carboxylic acids is 1. The Morgan fingerprint density at radius 1 is 1.46 bits per heavy atom. The maximum Gasteiger partial charge on any atom is 0.158 e. The second-order valence-corrected chi connectivity index (χ2v) is 4.27. The maximum atomic E-state index is 11.4. The first-order chi connectivity index (χ1) is 6.18. The van der Waals surface area contributed by atoms with Gasteiger partial charge in [-0.3, -0.25) is 4.79 Å². The predicted molar refractivity (Wildman–Crippen MR) is 52.6 cm³/mol. The van der Waals surface area contributed by atoms with Crippen molar-refractivity contribution in [3.63, 3.8) is 0 Å². The van der Waals surface area contributed by atoms with Gasteiger partial charge in [0.2, 0.25) is 0 Å². The molecule has 0 aromatic heterocycles. The normalized spacial score (nSPS) is 33.8. The zero-order valence-corrected chi connectivity index (χ0v) is 8.39. The highest BCUT2D eigenvalue weighted by molar-refractivity contribution is 5.96. The van der Waals surface area contributed by atoms with Crippen molar-refractivity contribution >= 4 is 5.78 Å². The van der Waals surface area contributed by atoms with Crippen LogP contribution in [0.25, 0.3) is 0 Å². The maximum absolute atomic E-state index is 11.4. The van der Waals surface area contributed by atoms with Gasteiger partial charge in [-0.2, -0.15) is 0 Å². The van der Waals surface area contributed by atoms with Crippen molar-refractivity contribution in [3.8, 4) is 0 Å². The van der Waals surface area contributed by atoms with Gasteiger partial charge in [0.05, 0.1) is 0 Å². The van der Waals surface area contributed by atoms with Gasteiger partial charge in [-0.25, -0.2) is 0 Å². The zero-order chi connectivity index (χ0) is 9.42. The minimum Gasteiger partial charge on any atom is -0.308 e. The number of Topliss-reactive ketones (excluding diaryl/α,β-unsaturated/α-hetero) is 1. The Kier molecular flexibility index (Phi) is 2.24. The van der Waals surface area contributed by atoms with Crippen molar-refractivity contribution in [1.82, 2.24) is 5.32 Å². The van der Waals surface area contributed by atoms with Crippen LogP contribution in [0.2, 0.25) is 0 Å². The average molecular weight is 179 g/mol. The Hall–Kier alpha value is -0.630. The Morgan fingerprint density at radius 3 is 2.77 bits per heavy atom. The number of nitrogens with one attached hydrogen (secondary N) is 1. The highest BCUT2D eigenvalue weighted by Gasteiger charge is 2.33. The zero-order valence-electron chi connectivity index (χ0n) is 8.39. The van der Waals surface area contributed by atoms with Gasteiger partial charge in [0.1, 0.15) is 0 Å². The summed E-state index contributed by atoms with van der Waals surface area (Å²) < 4.78 is 0. The summed E-state index contributed by atoms with van der Waals surface area (Å²) in [7, 11) is 0. The minimum absolute atomic E-state index is 0.370. The van der Waals surface area contributed by atoms with Gasteiger partial charge in [-0.05, 0) is 38.7 Å². The first kappa shape index (κ1) is 8.95. The van der Waals surface area contributed by atoms with Crippen molar-refractivity contribution < 1.29 is 4.79 Å². The monoisotopic (exact) mass is 179 g/mol. The van der Waals surface area contributed by atoms with Crippen molar-refractivity contribution in [2.45, 2.75) is 51.6 Å². The van der Waals surface area contributed by atoms with Crippen LogP contribution in [0.4, 0.5) is 0 Å². The molecular weight excluding hydrogens is 162 g/mol. The Balaban J connectivity index is 2.03. The lowest BCUT2D eigenvalue weighted by Crippen LogP contribution is -2.11. The fourth-order valence-electron chi connectivity index (χ4n) is 2.07. The lowest BCUT2D eigenvalue weighted by Gasteiger charge is -2.16. The summed E-state index contributed by atoms with van der Waals surface area (Å²) in [5.74, 6) is 0.370. The molecule has 72 valence electrons. The van der Waals surface area contributed by atoms with E-state index >= 15 is 0 Å². The number of carbonyl (C=O) groups is 1. The van der Waals surface area contributed by atoms with E-state index in [2.05, 4.69) is 12.2 Å². The lowest BCUT2D eigenvalue weighted by atomic mass is 9.89. The smallest absolute Gasteiger partial charge is 0.158 e. The summed E-state index contributed by atoms with van der Waals surface area (Å²) in [6.45, 7) is 4.19. The molecule has 1 fully saturated rings. The van der Waals surface area contributed by atoms with Crippen molar-refractivity contribution in [2.24, 2.45) is 0 Å². The van der Waals surface area contributed by atoms with Gasteiger partial charge in [0, 0.05) is 18.5 Å². The molecule has 13 heavy (non-hydrogen) atoms. The number of allylic oxidation sites excluding steroid dienone is 1. The standard InChI is InChI=1S/C11H17NO/c1-7-9(4-3-5-11(7)13)6-10-8(2)12-10/h8,10,12H,3-6H2,1-2H3. The van der Waals surface area contributed by atoms with E-state index in [1.807, 2.05) is 6.92 Å². The van der Waals surface area contributed by atoms with Gasteiger partial charge in [-0.15, -0.1) is 0 Å². The van der Waals surface area contributed by atoms with Gasteiger partial charge in [0.25, 0.3) is 0 Å². The van der Waals surface area contributed by atoms with Crippen molar-refractivity contribution in [1.29, 1.82) is 0 Å².